The maximum atomic E-state index is 11.9. The summed E-state index contributed by atoms with van der Waals surface area (Å²) in [7, 11) is 1.56. The van der Waals surface area contributed by atoms with Crippen LogP contribution in [0.15, 0.2) is 24.3 Å². The highest BCUT2D eigenvalue weighted by Crippen LogP contribution is 2.15. The predicted octanol–water partition coefficient (Wildman–Crippen LogP) is 2.04. The number of nitrogens with one attached hydrogen (secondary N) is 2. The van der Waals surface area contributed by atoms with Gasteiger partial charge in [0.25, 0.3) is 0 Å². The molecule has 1 amide bonds. The Balaban J connectivity index is 2.24. The molecule has 1 rings (SSSR count). The van der Waals surface area contributed by atoms with E-state index in [-0.39, 0.29) is 11.9 Å². The minimum absolute atomic E-state index is 0.0268. The Morgan fingerprint density at radius 1 is 1.48 bits per heavy atom. The zero-order chi connectivity index (χ0) is 15.7. The summed E-state index contributed by atoms with van der Waals surface area (Å²) in [4.78, 5) is 11.9. The van der Waals surface area contributed by atoms with E-state index in [4.69, 9.17) is 16.3 Å². The van der Waals surface area contributed by atoms with Gasteiger partial charge < -0.3 is 20.5 Å². The monoisotopic (exact) mass is 314 g/mol. The van der Waals surface area contributed by atoms with E-state index in [1.807, 2.05) is 6.92 Å². The molecule has 6 heteroatoms. The number of rotatable bonds is 9. The van der Waals surface area contributed by atoms with Crippen LogP contribution in [-0.2, 0) is 9.53 Å². The van der Waals surface area contributed by atoms with Gasteiger partial charge >= 0.3 is 0 Å². The molecular weight excluding hydrogens is 292 g/mol. The SMILES string of the molecule is COCC(O)CCNC(C)CC(=O)Nc1cccc(Cl)c1. The van der Waals surface area contributed by atoms with Crippen molar-refractivity contribution >= 4 is 23.2 Å². The van der Waals surface area contributed by atoms with Crippen LogP contribution in [0.3, 0.4) is 0 Å². The first-order valence-electron chi connectivity index (χ1n) is 6.97. The second-order valence-corrected chi connectivity index (χ2v) is 5.45. The first-order chi connectivity index (χ1) is 10.0. The Morgan fingerprint density at radius 3 is 2.90 bits per heavy atom. The van der Waals surface area contributed by atoms with Crippen molar-refractivity contribution in [1.82, 2.24) is 5.32 Å². The lowest BCUT2D eigenvalue weighted by atomic mass is 10.2. The zero-order valence-electron chi connectivity index (χ0n) is 12.4. The molecule has 0 aliphatic heterocycles. The van der Waals surface area contributed by atoms with Crippen molar-refractivity contribution in [1.29, 1.82) is 0 Å². The van der Waals surface area contributed by atoms with Crippen molar-refractivity contribution in [3.8, 4) is 0 Å². The van der Waals surface area contributed by atoms with E-state index >= 15 is 0 Å². The molecule has 0 bridgehead atoms. The lowest BCUT2D eigenvalue weighted by molar-refractivity contribution is -0.116. The summed E-state index contributed by atoms with van der Waals surface area (Å²) in [6, 6.07) is 7.07. The molecule has 0 spiro atoms. The quantitative estimate of drug-likeness (QED) is 0.652. The summed E-state index contributed by atoms with van der Waals surface area (Å²) in [5.74, 6) is -0.0743. The van der Waals surface area contributed by atoms with E-state index in [1.54, 1.807) is 31.4 Å². The van der Waals surface area contributed by atoms with Crippen molar-refractivity contribution in [2.24, 2.45) is 0 Å². The summed E-state index contributed by atoms with van der Waals surface area (Å²) in [6.45, 7) is 2.89. The number of halogens is 1. The second kappa shape index (κ2) is 9.73. The van der Waals surface area contributed by atoms with Gasteiger partial charge in [0.15, 0.2) is 0 Å². The smallest absolute Gasteiger partial charge is 0.225 e. The zero-order valence-corrected chi connectivity index (χ0v) is 13.2. The highest BCUT2D eigenvalue weighted by molar-refractivity contribution is 6.30. The van der Waals surface area contributed by atoms with Crippen molar-refractivity contribution in [3.63, 3.8) is 0 Å². The molecule has 0 aromatic heterocycles. The number of methoxy groups -OCH3 is 1. The third kappa shape index (κ3) is 8.02. The highest BCUT2D eigenvalue weighted by atomic mass is 35.5. The third-order valence-corrected chi connectivity index (χ3v) is 3.16. The fourth-order valence-electron chi connectivity index (χ4n) is 1.90. The Bertz CT molecular complexity index is 443. The van der Waals surface area contributed by atoms with Gasteiger partial charge in [-0.05, 0) is 38.1 Å². The fraction of sp³-hybridized carbons (Fsp3) is 0.533. The number of hydrogen-bond donors (Lipinski definition) is 3. The Labute approximate surface area is 130 Å². The van der Waals surface area contributed by atoms with Crippen molar-refractivity contribution in [2.75, 3.05) is 25.6 Å². The number of hydrogen-bond acceptors (Lipinski definition) is 4. The average molecular weight is 315 g/mol. The van der Waals surface area contributed by atoms with Crippen molar-refractivity contribution < 1.29 is 14.6 Å². The average Bonchev–Trinajstić information content (AvgIpc) is 2.38. The van der Waals surface area contributed by atoms with Crippen molar-refractivity contribution in [3.05, 3.63) is 29.3 Å². The molecule has 2 unspecified atom stereocenters. The minimum atomic E-state index is -0.477. The van der Waals surface area contributed by atoms with E-state index < -0.39 is 6.10 Å². The molecule has 0 radical (unpaired) electrons. The van der Waals surface area contributed by atoms with Gasteiger partial charge in [-0.25, -0.2) is 0 Å². The van der Waals surface area contributed by atoms with E-state index in [1.165, 1.54) is 0 Å². The number of benzene rings is 1. The van der Waals surface area contributed by atoms with Crippen LogP contribution in [0.2, 0.25) is 5.02 Å². The minimum Gasteiger partial charge on any atom is -0.391 e. The molecule has 0 saturated carbocycles. The number of aliphatic hydroxyl groups is 1. The van der Waals surface area contributed by atoms with Crippen LogP contribution >= 0.6 is 11.6 Å². The second-order valence-electron chi connectivity index (χ2n) is 5.02. The highest BCUT2D eigenvalue weighted by Gasteiger charge is 2.10. The van der Waals surface area contributed by atoms with Crippen LogP contribution in [0.25, 0.3) is 0 Å². The van der Waals surface area contributed by atoms with Crippen molar-refractivity contribution in [2.45, 2.75) is 31.9 Å². The van der Waals surface area contributed by atoms with E-state index in [2.05, 4.69) is 10.6 Å². The molecule has 2 atom stereocenters. The van der Waals surface area contributed by atoms with Gasteiger partial charge in [0.1, 0.15) is 0 Å². The maximum absolute atomic E-state index is 11.9. The largest absolute Gasteiger partial charge is 0.391 e. The molecule has 0 aliphatic rings. The fourth-order valence-corrected chi connectivity index (χ4v) is 2.09. The first-order valence-corrected chi connectivity index (χ1v) is 7.35. The van der Waals surface area contributed by atoms with E-state index in [0.717, 1.165) is 0 Å². The van der Waals surface area contributed by atoms with E-state index in [0.29, 0.717) is 36.7 Å². The van der Waals surface area contributed by atoms with E-state index in [9.17, 15) is 9.90 Å². The van der Waals surface area contributed by atoms with Gasteiger partial charge in [0, 0.05) is 30.3 Å². The van der Waals surface area contributed by atoms with Crippen LogP contribution in [0.4, 0.5) is 5.69 Å². The van der Waals surface area contributed by atoms with Gasteiger partial charge in [-0.15, -0.1) is 0 Å². The molecule has 1 aromatic carbocycles. The lowest BCUT2D eigenvalue weighted by Crippen LogP contribution is -2.33. The Morgan fingerprint density at radius 2 is 2.24 bits per heavy atom. The third-order valence-electron chi connectivity index (χ3n) is 2.93. The van der Waals surface area contributed by atoms with Gasteiger partial charge in [-0.1, -0.05) is 17.7 Å². The Kier molecular flexibility index (Phi) is 8.30. The van der Waals surface area contributed by atoms with Gasteiger partial charge in [-0.2, -0.15) is 0 Å². The molecule has 3 N–H and O–H groups in total. The maximum Gasteiger partial charge on any atom is 0.225 e. The number of anilines is 1. The molecule has 21 heavy (non-hydrogen) atoms. The molecule has 0 fully saturated rings. The number of ether oxygens (including phenoxy) is 1. The topological polar surface area (TPSA) is 70.6 Å². The number of aliphatic hydroxyl groups excluding tert-OH is 1. The summed E-state index contributed by atoms with van der Waals surface area (Å²) >= 11 is 5.86. The van der Waals surface area contributed by atoms with Crippen LogP contribution in [0, 0.1) is 0 Å². The molecule has 0 heterocycles. The van der Waals surface area contributed by atoms with Crippen LogP contribution in [0.1, 0.15) is 19.8 Å². The predicted molar refractivity (Wildman–Crippen MR) is 84.7 cm³/mol. The van der Waals surface area contributed by atoms with Crippen LogP contribution < -0.4 is 10.6 Å². The summed E-state index contributed by atoms with van der Waals surface area (Å²) in [5, 5.41) is 16.1. The molecule has 0 aliphatic carbocycles. The Hall–Kier alpha value is -1.14. The van der Waals surface area contributed by atoms with Gasteiger partial charge in [0.05, 0.1) is 12.7 Å². The molecule has 0 saturated heterocycles. The molecule has 5 nitrogen and oxygen atoms in total. The standard InChI is InChI=1S/C15H23ClN2O3/c1-11(17-7-6-14(19)10-21-2)8-15(20)18-13-5-3-4-12(16)9-13/h3-5,9,11,14,17,19H,6-8,10H2,1-2H3,(H,18,20). The first kappa shape index (κ1) is 17.9. The lowest BCUT2D eigenvalue weighted by Gasteiger charge is -2.15. The summed E-state index contributed by atoms with van der Waals surface area (Å²) in [6.07, 6.45) is 0.469. The van der Waals surface area contributed by atoms with Crippen LogP contribution in [0.5, 0.6) is 0 Å². The summed E-state index contributed by atoms with van der Waals surface area (Å²) < 4.78 is 4.85. The van der Waals surface area contributed by atoms with Gasteiger partial charge in [-0.3, -0.25) is 4.79 Å². The van der Waals surface area contributed by atoms with Crippen LogP contribution in [-0.4, -0.2) is 43.4 Å². The molecular formula is C15H23ClN2O3. The molecule has 1 aromatic rings. The summed E-state index contributed by atoms with van der Waals surface area (Å²) in [5.41, 5.74) is 0.690. The molecule has 118 valence electrons. The number of carbonyl (C=O) groups is 1. The normalized spacial score (nSPS) is 13.7. The number of amides is 1. The number of carbonyl (C=O) groups excluding carboxylic acids is 1. The van der Waals surface area contributed by atoms with Gasteiger partial charge in [0.2, 0.25) is 5.91 Å².